The lowest BCUT2D eigenvalue weighted by molar-refractivity contribution is 0.215. The first-order valence-electron chi connectivity index (χ1n) is 8.70. The van der Waals surface area contributed by atoms with Crippen molar-refractivity contribution in [2.45, 2.75) is 32.1 Å². The minimum absolute atomic E-state index is 0.506. The van der Waals surface area contributed by atoms with E-state index in [4.69, 9.17) is 28.3 Å². The molecule has 1 atom stereocenters. The molecule has 1 aromatic heterocycles. The molecule has 2 aliphatic heterocycles. The van der Waals surface area contributed by atoms with Crippen molar-refractivity contribution in [2.75, 3.05) is 31.5 Å². The lowest BCUT2D eigenvalue weighted by Crippen LogP contribution is -2.34. The molecule has 1 fully saturated rings. The summed E-state index contributed by atoms with van der Waals surface area (Å²) in [6, 6.07) is 5.53. The molecule has 3 heterocycles. The number of anilines is 1. The molecular weight excluding hydrogens is 343 g/mol. The lowest BCUT2D eigenvalue weighted by Gasteiger charge is -2.31. The third-order valence-electron chi connectivity index (χ3n) is 5.16. The summed E-state index contributed by atoms with van der Waals surface area (Å²) in [4.78, 5) is 2.52. The van der Waals surface area contributed by atoms with E-state index in [1.807, 2.05) is 22.9 Å². The molecule has 0 aliphatic carbocycles. The molecule has 1 N–H and O–H groups in total. The molecule has 128 valence electrons. The van der Waals surface area contributed by atoms with Crippen LogP contribution in [0, 0.1) is 0 Å². The second-order valence-electron chi connectivity index (χ2n) is 6.63. The van der Waals surface area contributed by atoms with Crippen LogP contribution < -0.4 is 5.32 Å². The number of fused-ring (bicyclic) bond motifs is 1. The number of halogens is 2. The van der Waals surface area contributed by atoms with Crippen LogP contribution in [0.1, 0.15) is 36.9 Å². The van der Waals surface area contributed by atoms with E-state index in [0.717, 1.165) is 37.6 Å². The Morgan fingerprint density at radius 1 is 1.33 bits per heavy atom. The topological polar surface area (TPSA) is 33.1 Å². The predicted octanol–water partition coefficient (Wildman–Crippen LogP) is 4.35. The van der Waals surface area contributed by atoms with Gasteiger partial charge >= 0.3 is 0 Å². The van der Waals surface area contributed by atoms with Crippen molar-refractivity contribution in [1.82, 2.24) is 14.7 Å². The summed E-state index contributed by atoms with van der Waals surface area (Å²) >= 11 is 12.6. The molecule has 0 spiro atoms. The van der Waals surface area contributed by atoms with Gasteiger partial charge in [0.1, 0.15) is 5.82 Å². The van der Waals surface area contributed by atoms with Crippen molar-refractivity contribution in [3.8, 4) is 5.69 Å². The van der Waals surface area contributed by atoms with Gasteiger partial charge in [0.05, 0.1) is 16.4 Å². The first kappa shape index (κ1) is 16.2. The summed E-state index contributed by atoms with van der Waals surface area (Å²) in [7, 11) is 0. The third-order valence-corrected chi connectivity index (χ3v) is 5.71. The molecule has 0 amide bonds. The summed E-state index contributed by atoms with van der Waals surface area (Å²) < 4.78 is 1.96. The number of hydrogen-bond donors (Lipinski definition) is 1. The fourth-order valence-corrected chi connectivity index (χ4v) is 4.28. The zero-order chi connectivity index (χ0) is 16.7. The van der Waals surface area contributed by atoms with Gasteiger partial charge in [-0.25, -0.2) is 4.68 Å². The molecule has 4 rings (SSSR count). The molecule has 1 unspecified atom stereocenters. The van der Waals surface area contributed by atoms with E-state index >= 15 is 0 Å². The van der Waals surface area contributed by atoms with Gasteiger partial charge in [-0.05, 0) is 50.6 Å². The molecule has 0 saturated carbocycles. The lowest BCUT2D eigenvalue weighted by atomic mass is 9.92. The zero-order valence-corrected chi connectivity index (χ0v) is 15.4. The van der Waals surface area contributed by atoms with Gasteiger partial charge in [-0.2, -0.15) is 5.10 Å². The Kier molecular flexibility index (Phi) is 4.46. The van der Waals surface area contributed by atoms with E-state index in [1.54, 1.807) is 0 Å². The van der Waals surface area contributed by atoms with Crippen LogP contribution in [0.15, 0.2) is 18.2 Å². The van der Waals surface area contributed by atoms with Crippen molar-refractivity contribution < 1.29 is 0 Å². The number of piperidine rings is 1. The van der Waals surface area contributed by atoms with Crippen LogP contribution in [0.2, 0.25) is 10.0 Å². The Morgan fingerprint density at radius 3 is 3.04 bits per heavy atom. The first-order valence-corrected chi connectivity index (χ1v) is 9.46. The van der Waals surface area contributed by atoms with Gasteiger partial charge in [-0.1, -0.05) is 30.1 Å². The van der Waals surface area contributed by atoms with Gasteiger partial charge in [-0.3, -0.25) is 0 Å². The number of benzene rings is 1. The third kappa shape index (κ3) is 2.81. The first-order chi connectivity index (χ1) is 11.7. The Balaban J connectivity index is 1.76. The van der Waals surface area contributed by atoms with Gasteiger partial charge < -0.3 is 10.2 Å². The molecule has 6 heteroatoms. The van der Waals surface area contributed by atoms with Crippen molar-refractivity contribution in [1.29, 1.82) is 0 Å². The van der Waals surface area contributed by atoms with E-state index in [-0.39, 0.29) is 0 Å². The summed E-state index contributed by atoms with van der Waals surface area (Å²) in [5.74, 6) is 1.59. The molecule has 24 heavy (non-hydrogen) atoms. The number of likely N-dealkylation sites (N-methyl/N-ethyl adjacent to an activating group) is 1. The average Bonchev–Trinajstić information content (AvgIpc) is 3.19. The molecule has 1 saturated heterocycles. The highest BCUT2D eigenvalue weighted by Gasteiger charge is 2.30. The van der Waals surface area contributed by atoms with Crippen molar-refractivity contribution in [3.63, 3.8) is 0 Å². The summed E-state index contributed by atoms with van der Waals surface area (Å²) in [6.07, 6.45) is 3.49. The number of nitrogens with zero attached hydrogens (tertiary/aromatic N) is 3. The van der Waals surface area contributed by atoms with Gasteiger partial charge in [-0.15, -0.1) is 0 Å². The second-order valence-corrected chi connectivity index (χ2v) is 7.47. The molecule has 4 nitrogen and oxygen atoms in total. The van der Waals surface area contributed by atoms with E-state index < -0.39 is 0 Å². The van der Waals surface area contributed by atoms with Crippen molar-refractivity contribution in [2.24, 2.45) is 0 Å². The molecule has 1 aromatic carbocycles. The van der Waals surface area contributed by atoms with E-state index in [1.165, 1.54) is 30.6 Å². The van der Waals surface area contributed by atoms with Crippen molar-refractivity contribution in [3.05, 3.63) is 39.5 Å². The van der Waals surface area contributed by atoms with Gasteiger partial charge in [0, 0.05) is 29.6 Å². The molecule has 2 aliphatic rings. The van der Waals surface area contributed by atoms with E-state index in [0.29, 0.717) is 16.0 Å². The monoisotopic (exact) mass is 364 g/mol. The maximum atomic E-state index is 6.42. The van der Waals surface area contributed by atoms with Gasteiger partial charge in [0.25, 0.3) is 0 Å². The number of aromatic nitrogens is 2. The second kappa shape index (κ2) is 6.58. The van der Waals surface area contributed by atoms with Crippen LogP contribution in [0.4, 0.5) is 5.82 Å². The minimum atomic E-state index is 0.506. The summed E-state index contributed by atoms with van der Waals surface area (Å²) in [5, 5.41) is 9.81. The molecule has 2 aromatic rings. The van der Waals surface area contributed by atoms with Crippen LogP contribution in [0.3, 0.4) is 0 Å². The Labute approximate surface area is 152 Å². The Morgan fingerprint density at radius 2 is 2.21 bits per heavy atom. The minimum Gasteiger partial charge on any atom is -0.369 e. The highest BCUT2D eigenvalue weighted by Crippen LogP contribution is 2.37. The highest BCUT2D eigenvalue weighted by molar-refractivity contribution is 6.34. The fourth-order valence-electron chi connectivity index (χ4n) is 3.92. The van der Waals surface area contributed by atoms with Crippen LogP contribution in [0.25, 0.3) is 5.69 Å². The van der Waals surface area contributed by atoms with Gasteiger partial charge in [0.15, 0.2) is 0 Å². The zero-order valence-electron chi connectivity index (χ0n) is 13.9. The quantitative estimate of drug-likeness (QED) is 0.878. The number of hydrogen-bond acceptors (Lipinski definition) is 3. The molecule has 0 bridgehead atoms. The van der Waals surface area contributed by atoms with Crippen molar-refractivity contribution >= 4 is 29.0 Å². The molecular formula is C18H22Cl2N4. The maximum absolute atomic E-state index is 6.42. The fraction of sp³-hybridized carbons (Fsp3) is 0.500. The predicted molar refractivity (Wildman–Crippen MR) is 99.9 cm³/mol. The number of nitrogens with one attached hydrogen (secondary N) is 1. The standard InChI is InChI=1S/C18H22Cl2N4/c1-2-23-9-3-4-12(11-23)17-14-7-8-21-18(14)24(22-17)16-10-13(19)5-6-15(16)20/h5-6,10,12,21H,2-4,7-9,11H2,1H3. The summed E-state index contributed by atoms with van der Waals surface area (Å²) in [6.45, 7) is 6.61. The average molecular weight is 365 g/mol. The molecule has 0 radical (unpaired) electrons. The van der Waals surface area contributed by atoms with Crippen LogP contribution in [0.5, 0.6) is 0 Å². The summed E-state index contributed by atoms with van der Waals surface area (Å²) in [5.41, 5.74) is 3.45. The van der Waals surface area contributed by atoms with Crippen LogP contribution in [-0.2, 0) is 6.42 Å². The Hall–Kier alpha value is -1.23. The number of rotatable bonds is 3. The normalized spacial score (nSPS) is 20.9. The van der Waals surface area contributed by atoms with Crippen LogP contribution >= 0.6 is 23.2 Å². The smallest absolute Gasteiger partial charge is 0.133 e. The van der Waals surface area contributed by atoms with E-state index in [9.17, 15) is 0 Å². The van der Waals surface area contributed by atoms with Gasteiger partial charge in [0.2, 0.25) is 0 Å². The Bertz CT molecular complexity index is 756. The SMILES string of the molecule is CCN1CCCC(c2nn(-c3cc(Cl)ccc3Cl)c3c2CCN3)C1. The maximum Gasteiger partial charge on any atom is 0.133 e. The number of likely N-dealkylation sites (tertiary alicyclic amines) is 1. The van der Waals surface area contributed by atoms with Crippen LogP contribution in [-0.4, -0.2) is 40.9 Å². The van der Waals surface area contributed by atoms with E-state index in [2.05, 4.69) is 17.1 Å². The largest absolute Gasteiger partial charge is 0.369 e. The highest BCUT2D eigenvalue weighted by atomic mass is 35.5.